The van der Waals surface area contributed by atoms with E-state index in [9.17, 15) is 4.79 Å². The number of nitrogens with one attached hydrogen (secondary N) is 1. The zero-order valence-corrected chi connectivity index (χ0v) is 16.2. The number of hydrogen-bond acceptors (Lipinski definition) is 6. The number of nitrogens with zero attached hydrogens (tertiary/aromatic N) is 4. The van der Waals surface area contributed by atoms with Crippen LogP contribution >= 0.6 is 11.3 Å². The highest BCUT2D eigenvalue weighted by molar-refractivity contribution is 7.17. The summed E-state index contributed by atoms with van der Waals surface area (Å²) >= 11 is 1.29. The Bertz CT molecular complexity index is 804. The van der Waals surface area contributed by atoms with Crippen molar-refractivity contribution >= 4 is 22.4 Å². The SMILES string of the molecule is CCCN1CCc2[nH]cnc2C12CCN(C(=O)c1sc(N)nc1C)CC2. The van der Waals surface area contributed by atoms with Gasteiger partial charge in [0.25, 0.3) is 5.91 Å². The first-order valence-corrected chi connectivity index (χ1v) is 10.2. The van der Waals surface area contributed by atoms with Gasteiger partial charge in [0, 0.05) is 31.7 Å². The number of thiazole rings is 1. The van der Waals surface area contributed by atoms with E-state index in [1.165, 1.54) is 22.7 Å². The minimum Gasteiger partial charge on any atom is -0.375 e. The summed E-state index contributed by atoms with van der Waals surface area (Å²) in [6.45, 7) is 7.69. The minimum absolute atomic E-state index is 0.0395. The molecule has 26 heavy (non-hydrogen) atoms. The fraction of sp³-hybridized carbons (Fsp3) is 0.611. The summed E-state index contributed by atoms with van der Waals surface area (Å²) in [7, 11) is 0. The highest BCUT2D eigenvalue weighted by Crippen LogP contribution is 2.42. The number of imidazole rings is 1. The number of likely N-dealkylation sites (tertiary alicyclic amines) is 1. The Balaban J connectivity index is 1.56. The van der Waals surface area contributed by atoms with Gasteiger partial charge < -0.3 is 15.6 Å². The van der Waals surface area contributed by atoms with Crippen molar-refractivity contribution in [2.45, 2.75) is 45.1 Å². The number of anilines is 1. The molecule has 1 spiro atoms. The number of nitrogen functional groups attached to an aromatic ring is 1. The first kappa shape index (κ1) is 17.5. The number of aromatic nitrogens is 3. The van der Waals surface area contributed by atoms with Gasteiger partial charge in [-0.15, -0.1) is 0 Å². The number of carbonyl (C=O) groups excluding carboxylic acids is 1. The Labute approximate surface area is 157 Å². The molecular weight excluding hydrogens is 348 g/mol. The van der Waals surface area contributed by atoms with Gasteiger partial charge in [0.05, 0.1) is 23.3 Å². The number of rotatable bonds is 3. The van der Waals surface area contributed by atoms with Gasteiger partial charge in [-0.05, 0) is 32.7 Å². The number of aryl methyl sites for hydroxylation is 1. The third-order valence-electron chi connectivity index (χ3n) is 5.77. The predicted octanol–water partition coefficient (Wildman–Crippen LogP) is 2.16. The van der Waals surface area contributed by atoms with Crippen molar-refractivity contribution in [3.63, 3.8) is 0 Å². The van der Waals surface area contributed by atoms with E-state index in [4.69, 9.17) is 5.73 Å². The van der Waals surface area contributed by atoms with Crippen molar-refractivity contribution < 1.29 is 4.79 Å². The van der Waals surface area contributed by atoms with Gasteiger partial charge in [-0.25, -0.2) is 9.97 Å². The lowest BCUT2D eigenvalue weighted by Crippen LogP contribution is -2.57. The Kier molecular flexibility index (Phi) is 4.48. The van der Waals surface area contributed by atoms with E-state index in [2.05, 4.69) is 26.8 Å². The molecule has 3 N–H and O–H groups in total. The molecule has 0 saturated carbocycles. The summed E-state index contributed by atoms with van der Waals surface area (Å²) < 4.78 is 0. The molecule has 140 valence electrons. The number of hydrogen-bond donors (Lipinski definition) is 2. The van der Waals surface area contributed by atoms with E-state index in [0.29, 0.717) is 10.0 Å². The third-order valence-corrected chi connectivity index (χ3v) is 6.75. The number of amides is 1. The standard InChI is InChI=1S/C18H26N6OS/c1-3-7-24-8-4-13-15(21-11-20-13)18(24)5-9-23(10-6-18)16(25)14-12(2)22-17(19)26-14/h11H,3-10H2,1-2H3,(H2,19,22)(H,20,21). The molecule has 1 saturated heterocycles. The zero-order chi connectivity index (χ0) is 18.3. The lowest BCUT2D eigenvalue weighted by Gasteiger charge is -2.50. The molecule has 0 bridgehead atoms. The van der Waals surface area contributed by atoms with Gasteiger partial charge in [0.15, 0.2) is 5.13 Å². The van der Waals surface area contributed by atoms with Crippen LogP contribution in [0.15, 0.2) is 6.33 Å². The lowest BCUT2D eigenvalue weighted by molar-refractivity contribution is 0.00721. The van der Waals surface area contributed by atoms with Crippen molar-refractivity contribution in [2.75, 3.05) is 31.9 Å². The van der Waals surface area contributed by atoms with E-state index >= 15 is 0 Å². The predicted molar refractivity (Wildman–Crippen MR) is 102 cm³/mol. The summed E-state index contributed by atoms with van der Waals surface area (Å²) in [4.78, 5) is 30.3. The molecule has 8 heteroatoms. The summed E-state index contributed by atoms with van der Waals surface area (Å²) in [6.07, 6.45) is 5.82. The van der Waals surface area contributed by atoms with E-state index in [1.807, 2.05) is 18.2 Å². The molecule has 2 aromatic heterocycles. The first-order valence-electron chi connectivity index (χ1n) is 9.35. The number of piperidine rings is 1. The molecule has 1 fully saturated rings. The van der Waals surface area contributed by atoms with Gasteiger partial charge in [-0.2, -0.15) is 0 Å². The summed E-state index contributed by atoms with van der Waals surface area (Å²) in [5.41, 5.74) is 8.93. The zero-order valence-electron chi connectivity index (χ0n) is 15.4. The fourth-order valence-corrected chi connectivity index (χ4v) is 5.31. The highest BCUT2D eigenvalue weighted by atomic mass is 32.1. The van der Waals surface area contributed by atoms with Crippen LogP contribution in [-0.4, -0.2) is 56.8 Å². The van der Waals surface area contributed by atoms with Gasteiger partial charge in [0.1, 0.15) is 4.88 Å². The fourth-order valence-electron chi connectivity index (χ4n) is 4.51. The van der Waals surface area contributed by atoms with Crippen molar-refractivity contribution in [3.05, 3.63) is 28.3 Å². The monoisotopic (exact) mass is 374 g/mol. The molecule has 7 nitrogen and oxygen atoms in total. The molecule has 2 aliphatic heterocycles. The van der Waals surface area contributed by atoms with Gasteiger partial charge in [-0.3, -0.25) is 9.69 Å². The average molecular weight is 375 g/mol. The number of carbonyl (C=O) groups is 1. The topological polar surface area (TPSA) is 91.1 Å². The van der Waals surface area contributed by atoms with Crippen molar-refractivity contribution in [2.24, 2.45) is 0 Å². The van der Waals surface area contributed by atoms with E-state index < -0.39 is 0 Å². The second-order valence-corrected chi connectivity index (χ2v) is 8.29. The number of nitrogens with two attached hydrogens (primary N) is 1. The Hall–Kier alpha value is -1.93. The van der Waals surface area contributed by atoms with Crippen LogP contribution in [0.25, 0.3) is 0 Å². The van der Waals surface area contributed by atoms with Crippen LogP contribution in [0.4, 0.5) is 5.13 Å². The summed E-state index contributed by atoms with van der Waals surface area (Å²) in [5, 5.41) is 0.460. The van der Waals surface area contributed by atoms with Crippen LogP contribution < -0.4 is 5.73 Å². The second kappa shape index (κ2) is 6.66. The van der Waals surface area contributed by atoms with Crippen molar-refractivity contribution in [1.82, 2.24) is 24.8 Å². The Morgan fingerprint density at radius 3 is 2.81 bits per heavy atom. The van der Waals surface area contributed by atoms with E-state index in [-0.39, 0.29) is 11.4 Å². The molecular formula is C18H26N6OS. The molecule has 0 aliphatic carbocycles. The minimum atomic E-state index is -0.0395. The highest BCUT2D eigenvalue weighted by Gasteiger charge is 2.47. The molecule has 4 heterocycles. The molecule has 0 radical (unpaired) electrons. The molecule has 1 amide bonds. The average Bonchev–Trinajstić information content (AvgIpc) is 3.24. The second-order valence-electron chi connectivity index (χ2n) is 7.26. The van der Waals surface area contributed by atoms with E-state index in [1.54, 1.807) is 0 Å². The lowest BCUT2D eigenvalue weighted by atomic mass is 9.78. The molecule has 0 unspecified atom stereocenters. The number of aromatic amines is 1. The van der Waals surface area contributed by atoms with Crippen LogP contribution in [0.5, 0.6) is 0 Å². The third kappa shape index (κ3) is 2.72. The molecule has 0 atom stereocenters. The molecule has 4 rings (SSSR count). The normalized spacial score (nSPS) is 19.7. The van der Waals surface area contributed by atoms with Crippen LogP contribution in [0.1, 0.15) is 52.9 Å². The van der Waals surface area contributed by atoms with Crippen LogP contribution in [0.3, 0.4) is 0 Å². The van der Waals surface area contributed by atoms with Crippen molar-refractivity contribution in [1.29, 1.82) is 0 Å². The van der Waals surface area contributed by atoms with Crippen LogP contribution in [-0.2, 0) is 12.0 Å². The van der Waals surface area contributed by atoms with Gasteiger partial charge >= 0.3 is 0 Å². The number of H-pyrrole nitrogens is 1. The molecule has 0 aromatic carbocycles. The maximum atomic E-state index is 12.9. The Morgan fingerprint density at radius 2 is 2.15 bits per heavy atom. The van der Waals surface area contributed by atoms with Crippen LogP contribution in [0.2, 0.25) is 0 Å². The van der Waals surface area contributed by atoms with Crippen molar-refractivity contribution in [3.8, 4) is 0 Å². The maximum absolute atomic E-state index is 12.9. The first-order chi connectivity index (χ1) is 12.5. The van der Waals surface area contributed by atoms with Gasteiger partial charge in [0.2, 0.25) is 0 Å². The molecule has 2 aromatic rings. The Morgan fingerprint density at radius 1 is 1.38 bits per heavy atom. The largest absolute Gasteiger partial charge is 0.375 e. The summed E-state index contributed by atoms with van der Waals surface area (Å²) in [5.74, 6) is 0.0617. The number of fused-ring (bicyclic) bond motifs is 2. The van der Waals surface area contributed by atoms with Gasteiger partial charge in [-0.1, -0.05) is 18.3 Å². The molecule has 2 aliphatic rings. The van der Waals surface area contributed by atoms with Crippen LogP contribution in [0, 0.1) is 6.92 Å². The smallest absolute Gasteiger partial charge is 0.265 e. The maximum Gasteiger partial charge on any atom is 0.265 e. The summed E-state index contributed by atoms with van der Waals surface area (Å²) in [6, 6.07) is 0. The van der Waals surface area contributed by atoms with E-state index in [0.717, 1.165) is 57.6 Å². The quantitative estimate of drug-likeness (QED) is 0.859.